The van der Waals surface area contributed by atoms with Crippen molar-refractivity contribution in [2.24, 2.45) is 5.92 Å². The van der Waals surface area contributed by atoms with E-state index in [2.05, 4.69) is 17.5 Å². The summed E-state index contributed by atoms with van der Waals surface area (Å²) in [4.78, 5) is 12.1. The van der Waals surface area contributed by atoms with E-state index < -0.39 is 6.10 Å². The van der Waals surface area contributed by atoms with Gasteiger partial charge < -0.3 is 10.4 Å². The summed E-state index contributed by atoms with van der Waals surface area (Å²) in [5, 5.41) is 15.4. The summed E-state index contributed by atoms with van der Waals surface area (Å²) in [5.41, 5.74) is 0.836. The molecule has 22 heavy (non-hydrogen) atoms. The largest absolute Gasteiger partial charge is 0.387 e. The Balaban J connectivity index is 1.61. The number of benzene rings is 2. The van der Waals surface area contributed by atoms with Gasteiger partial charge in [0.1, 0.15) is 0 Å². The second-order valence-electron chi connectivity index (χ2n) is 5.85. The number of rotatable bonds is 4. The van der Waals surface area contributed by atoms with Gasteiger partial charge >= 0.3 is 0 Å². The van der Waals surface area contributed by atoms with Crippen LogP contribution in [0, 0.1) is 5.92 Å². The standard InChI is InChI=1S/C19H21NO2/c21-18(13-20-19(22)15-7-2-1-3-8-15)17-11-10-14-6-4-5-9-16(14)12-17/h1-2,4-6,9-12,15,18,21H,3,7-8,13H2,(H,20,22). The van der Waals surface area contributed by atoms with Gasteiger partial charge in [-0.05, 0) is 41.7 Å². The van der Waals surface area contributed by atoms with Gasteiger partial charge in [0, 0.05) is 12.5 Å². The van der Waals surface area contributed by atoms with Gasteiger partial charge in [0.05, 0.1) is 6.10 Å². The van der Waals surface area contributed by atoms with Gasteiger partial charge in [0.15, 0.2) is 0 Å². The molecule has 0 aliphatic heterocycles. The highest BCUT2D eigenvalue weighted by molar-refractivity contribution is 5.83. The third kappa shape index (κ3) is 3.37. The summed E-state index contributed by atoms with van der Waals surface area (Å²) < 4.78 is 0. The fraction of sp³-hybridized carbons (Fsp3) is 0.316. The van der Waals surface area contributed by atoms with Crippen LogP contribution in [0.15, 0.2) is 54.6 Å². The molecule has 2 atom stereocenters. The number of allylic oxidation sites excluding steroid dienone is 2. The lowest BCUT2D eigenvalue weighted by Crippen LogP contribution is -2.34. The number of hydrogen-bond donors (Lipinski definition) is 2. The number of fused-ring (bicyclic) bond motifs is 1. The average Bonchev–Trinajstić information content (AvgIpc) is 2.59. The molecule has 0 saturated heterocycles. The van der Waals surface area contributed by atoms with E-state index in [9.17, 15) is 9.90 Å². The number of carbonyl (C=O) groups is 1. The van der Waals surface area contributed by atoms with E-state index >= 15 is 0 Å². The molecule has 3 heteroatoms. The van der Waals surface area contributed by atoms with Crippen molar-refractivity contribution in [2.45, 2.75) is 25.4 Å². The maximum absolute atomic E-state index is 12.1. The van der Waals surface area contributed by atoms with Crippen LogP contribution in [0.4, 0.5) is 0 Å². The Labute approximate surface area is 130 Å². The number of aliphatic hydroxyl groups excluding tert-OH is 1. The normalized spacial score (nSPS) is 19.0. The first-order valence-corrected chi connectivity index (χ1v) is 7.83. The minimum atomic E-state index is -0.673. The van der Waals surface area contributed by atoms with Crippen LogP contribution in [0.1, 0.15) is 30.9 Å². The summed E-state index contributed by atoms with van der Waals surface area (Å²) in [7, 11) is 0. The molecule has 3 rings (SSSR count). The molecule has 2 N–H and O–H groups in total. The van der Waals surface area contributed by atoms with Crippen molar-refractivity contribution < 1.29 is 9.90 Å². The fourth-order valence-corrected chi connectivity index (χ4v) is 2.91. The average molecular weight is 295 g/mol. The van der Waals surface area contributed by atoms with Crippen LogP contribution in [0.5, 0.6) is 0 Å². The molecule has 0 aromatic heterocycles. The van der Waals surface area contributed by atoms with E-state index in [0.717, 1.165) is 35.6 Å². The quantitative estimate of drug-likeness (QED) is 0.850. The highest BCUT2D eigenvalue weighted by Gasteiger charge is 2.19. The van der Waals surface area contributed by atoms with Crippen LogP contribution in [-0.2, 0) is 4.79 Å². The van der Waals surface area contributed by atoms with Crippen molar-refractivity contribution in [1.29, 1.82) is 0 Å². The van der Waals surface area contributed by atoms with Crippen molar-refractivity contribution in [3.05, 3.63) is 60.2 Å². The maximum atomic E-state index is 12.1. The van der Waals surface area contributed by atoms with Crippen LogP contribution >= 0.6 is 0 Å². The monoisotopic (exact) mass is 295 g/mol. The third-order valence-corrected chi connectivity index (χ3v) is 4.27. The molecule has 0 heterocycles. The molecule has 0 saturated carbocycles. The van der Waals surface area contributed by atoms with E-state index in [1.807, 2.05) is 42.5 Å². The third-order valence-electron chi connectivity index (χ3n) is 4.27. The number of amides is 1. The fourth-order valence-electron chi connectivity index (χ4n) is 2.91. The Hall–Kier alpha value is -2.13. The van der Waals surface area contributed by atoms with Gasteiger partial charge in [-0.25, -0.2) is 0 Å². The SMILES string of the molecule is O=C(NCC(O)c1ccc2ccccc2c1)C1CC=CCC1. The molecule has 0 bridgehead atoms. The maximum Gasteiger partial charge on any atom is 0.223 e. The van der Waals surface area contributed by atoms with Gasteiger partial charge in [0.25, 0.3) is 0 Å². The Morgan fingerprint density at radius 2 is 2.00 bits per heavy atom. The van der Waals surface area contributed by atoms with E-state index in [4.69, 9.17) is 0 Å². The van der Waals surface area contributed by atoms with Crippen molar-refractivity contribution in [1.82, 2.24) is 5.32 Å². The van der Waals surface area contributed by atoms with Gasteiger partial charge in [-0.3, -0.25) is 4.79 Å². The summed E-state index contributed by atoms with van der Waals surface area (Å²) in [6.07, 6.45) is 6.17. The highest BCUT2D eigenvalue weighted by Crippen LogP contribution is 2.21. The highest BCUT2D eigenvalue weighted by atomic mass is 16.3. The number of hydrogen-bond acceptors (Lipinski definition) is 2. The summed E-state index contributed by atoms with van der Waals surface area (Å²) in [6, 6.07) is 14.0. The van der Waals surface area contributed by atoms with Crippen molar-refractivity contribution in [2.75, 3.05) is 6.54 Å². The summed E-state index contributed by atoms with van der Waals surface area (Å²) >= 11 is 0. The first kappa shape index (κ1) is 14.8. The molecule has 3 nitrogen and oxygen atoms in total. The molecular weight excluding hydrogens is 274 g/mol. The molecule has 0 spiro atoms. The zero-order valence-electron chi connectivity index (χ0n) is 12.5. The first-order valence-electron chi connectivity index (χ1n) is 7.83. The first-order chi connectivity index (χ1) is 10.7. The van der Waals surface area contributed by atoms with Gasteiger partial charge in [-0.1, -0.05) is 48.6 Å². The Morgan fingerprint density at radius 3 is 2.77 bits per heavy atom. The topological polar surface area (TPSA) is 49.3 Å². The number of aliphatic hydroxyl groups is 1. The number of nitrogens with one attached hydrogen (secondary N) is 1. The molecule has 1 aliphatic carbocycles. The molecule has 2 unspecified atom stereocenters. The molecular formula is C19H21NO2. The molecule has 0 radical (unpaired) electrons. The lowest BCUT2D eigenvalue weighted by atomic mass is 9.93. The van der Waals surface area contributed by atoms with Crippen molar-refractivity contribution in [3.8, 4) is 0 Å². The molecule has 114 valence electrons. The van der Waals surface area contributed by atoms with Crippen molar-refractivity contribution >= 4 is 16.7 Å². The van der Waals surface area contributed by atoms with Gasteiger partial charge in [0.2, 0.25) is 5.91 Å². The van der Waals surface area contributed by atoms with Crippen LogP contribution in [0.2, 0.25) is 0 Å². The molecule has 0 fully saturated rings. The van der Waals surface area contributed by atoms with E-state index in [-0.39, 0.29) is 18.4 Å². The lowest BCUT2D eigenvalue weighted by Gasteiger charge is -2.19. The summed E-state index contributed by atoms with van der Waals surface area (Å²) in [6.45, 7) is 0.261. The molecule has 1 amide bonds. The van der Waals surface area contributed by atoms with E-state index in [1.54, 1.807) is 0 Å². The van der Waals surface area contributed by atoms with Crippen LogP contribution < -0.4 is 5.32 Å². The predicted molar refractivity (Wildman–Crippen MR) is 88.4 cm³/mol. The Bertz CT molecular complexity index is 693. The second-order valence-corrected chi connectivity index (χ2v) is 5.85. The van der Waals surface area contributed by atoms with Crippen LogP contribution in [-0.4, -0.2) is 17.6 Å². The van der Waals surface area contributed by atoms with Gasteiger partial charge in [-0.15, -0.1) is 0 Å². The molecule has 2 aromatic rings. The summed E-state index contributed by atoms with van der Waals surface area (Å²) in [5.74, 6) is 0.0954. The minimum absolute atomic E-state index is 0.0455. The molecule has 2 aromatic carbocycles. The van der Waals surface area contributed by atoms with E-state index in [0.29, 0.717) is 0 Å². The zero-order valence-corrected chi connectivity index (χ0v) is 12.5. The molecule has 1 aliphatic rings. The smallest absolute Gasteiger partial charge is 0.223 e. The van der Waals surface area contributed by atoms with Crippen LogP contribution in [0.25, 0.3) is 10.8 Å². The van der Waals surface area contributed by atoms with E-state index in [1.165, 1.54) is 0 Å². The zero-order chi connectivity index (χ0) is 15.4. The van der Waals surface area contributed by atoms with Crippen LogP contribution in [0.3, 0.4) is 0 Å². The number of carbonyl (C=O) groups excluding carboxylic acids is 1. The lowest BCUT2D eigenvalue weighted by molar-refractivity contribution is -0.125. The van der Waals surface area contributed by atoms with Gasteiger partial charge in [-0.2, -0.15) is 0 Å². The Morgan fingerprint density at radius 1 is 1.18 bits per heavy atom. The second kappa shape index (κ2) is 6.75. The minimum Gasteiger partial charge on any atom is -0.387 e. The Kier molecular flexibility index (Phi) is 4.54. The predicted octanol–water partition coefficient (Wildman–Crippen LogP) is 3.35. The van der Waals surface area contributed by atoms with Crippen molar-refractivity contribution in [3.63, 3.8) is 0 Å².